The van der Waals surface area contributed by atoms with Crippen LogP contribution < -0.4 is 0 Å². The number of nitrogens with zero attached hydrogens (tertiary/aromatic N) is 3. The minimum Gasteiger partial charge on any atom is -0.330 e. The molecule has 0 aliphatic heterocycles. The summed E-state index contributed by atoms with van der Waals surface area (Å²) in [5.74, 6) is -2.15. The average molecular weight is 453 g/mol. The molecule has 0 spiro atoms. The van der Waals surface area contributed by atoms with Crippen molar-refractivity contribution in [2.75, 3.05) is 0 Å². The van der Waals surface area contributed by atoms with E-state index in [0.29, 0.717) is 16.4 Å². The first-order chi connectivity index (χ1) is 15.4. The van der Waals surface area contributed by atoms with Crippen LogP contribution in [0.2, 0.25) is 5.02 Å². The Morgan fingerprint density at radius 3 is 2.38 bits per heavy atom. The molecule has 0 fully saturated rings. The Labute approximate surface area is 188 Å². The molecule has 1 amide bonds. The van der Waals surface area contributed by atoms with Crippen LogP contribution in [0.25, 0.3) is 11.4 Å². The van der Waals surface area contributed by atoms with Crippen molar-refractivity contribution >= 4 is 17.5 Å². The molecule has 0 radical (unpaired) electrons. The first-order valence-electron chi connectivity index (χ1n) is 9.85. The van der Waals surface area contributed by atoms with Crippen molar-refractivity contribution in [1.82, 2.24) is 20.1 Å². The van der Waals surface area contributed by atoms with Crippen molar-refractivity contribution in [1.29, 1.82) is 0 Å². The molecule has 0 aliphatic rings. The number of rotatable bonds is 6. The molecule has 0 saturated carbocycles. The summed E-state index contributed by atoms with van der Waals surface area (Å²) in [6.45, 7) is 2.24. The predicted octanol–water partition coefficient (Wildman–Crippen LogP) is 5.55. The standard InChI is InChI=1S/C24H19ClF2N4O/c1-15-8-23(30-29-15)22-7-6-16(12-28-22)13-31(14-17-4-2-3-5-21(17)25)24(32)18-9-19(26)11-20(27)10-18/h2-12H,13-14H2,1H3,(H,29,30). The SMILES string of the molecule is Cc1cc(-c2ccc(CN(Cc3ccccc3Cl)C(=O)c3cc(F)cc(F)c3)cn2)n[nH]1. The lowest BCUT2D eigenvalue weighted by Crippen LogP contribution is -2.30. The van der Waals surface area contributed by atoms with Crippen molar-refractivity contribution in [2.24, 2.45) is 0 Å². The average Bonchev–Trinajstić information content (AvgIpc) is 3.20. The zero-order chi connectivity index (χ0) is 22.7. The molecule has 0 aliphatic carbocycles. The Balaban J connectivity index is 1.62. The number of carbonyl (C=O) groups excluding carboxylic acids is 1. The van der Waals surface area contributed by atoms with E-state index in [9.17, 15) is 13.6 Å². The fourth-order valence-corrected chi connectivity index (χ4v) is 3.53. The van der Waals surface area contributed by atoms with Gasteiger partial charge in [-0.15, -0.1) is 0 Å². The van der Waals surface area contributed by atoms with Gasteiger partial charge in [0.15, 0.2) is 0 Å². The summed E-state index contributed by atoms with van der Waals surface area (Å²) in [5.41, 5.74) is 3.72. The number of benzene rings is 2. The first kappa shape index (κ1) is 21.6. The normalized spacial score (nSPS) is 10.9. The third kappa shape index (κ3) is 5.00. The summed E-state index contributed by atoms with van der Waals surface area (Å²) in [6.07, 6.45) is 1.65. The van der Waals surface area contributed by atoms with E-state index >= 15 is 0 Å². The van der Waals surface area contributed by atoms with Gasteiger partial charge in [-0.1, -0.05) is 35.9 Å². The van der Waals surface area contributed by atoms with Gasteiger partial charge in [0.25, 0.3) is 5.91 Å². The van der Waals surface area contributed by atoms with Crippen molar-refractivity contribution in [2.45, 2.75) is 20.0 Å². The summed E-state index contributed by atoms with van der Waals surface area (Å²) >= 11 is 6.28. The number of pyridine rings is 1. The van der Waals surface area contributed by atoms with Gasteiger partial charge in [-0.25, -0.2) is 8.78 Å². The van der Waals surface area contributed by atoms with E-state index in [1.807, 2.05) is 31.2 Å². The fraction of sp³-hybridized carbons (Fsp3) is 0.125. The molecule has 4 aromatic rings. The van der Waals surface area contributed by atoms with Gasteiger partial charge in [-0.3, -0.25) is 14.9 Å². The first-order valence-corrected chi connectivity index (χ1v) is 10.2. The van der Waals surface area contributed by atoms with Crippen molar-refractivity contribution in [3.63, 3.8) is 0 Å². The van der Waals surface area contributed by atoms with E-state index < -0.39 is 17.5 Å². The van der Waals surface area contributed by atoms with Crippen LogP contribution in [0.15, 0.2) is 66.9 Å². The molecule has 4 rings (SSSR count). The minimum absolute atomic E-state index is 0.0777. The molecule has 0 unspecified atom stereocenters. The maximum atomic E-state index is 13.7. The second-order valence-electron chi connectivity index (χ2n) is 7.40. The van der Waals surface area contributed by atoms with Gasteiger partial charge < -0.3 is 4.90 Å². The molecule has 0 bridgehead atoms. The quantitative estimate of drug-likeness (QED) is 0.417. The molecule has 2 aromatic carbocycles. The number of aromatic amines is 1. The van der Waals surface area contributed by atoms with Gasteiger partial charge in [0, 0.05) is 41.6 Å². The van der Waals surface area contributed by atoms with Crippen LogP contribution in [0.4, 0.5) is 8.78 Å². The molecule has 162 valence electrons. The molecule has 0 atom stereocenters. The molecule has 2 aromatic heterocycles. The van der Waals surface area contributed by atoms with Gasteiger partial charge in [-0.2, -0.15) is 5.10 Å². The summed E-state index contributed by atoms with van der Waals surface area (Å²) in [5, 5.41) is 7.56. The Morgan fingerprint density at radius 1 is 1.00 bits per heavy atom. The van der Waals surface area contributed by atoms with E-state index in [2.05, 4.69) is 15.2 Å². The van der Waals surface area contributed by atoms with Crippen LogP contribution >= 0.6 is 11.6 Å². The molecule has 32 heavy (non-hydrogen) atoms. The number of aromatic nitrogens is 3. The van der Waals surface area contributed by atoms with Crippen LogP contribution in [0, 0.1) is 18.6 Å². The maximum absolute atomic E-state index is 13.7. The Hall–Kier alpha value is -3.58. The van der Waals surface area contributed by atoms with E-state index in [1.165, 1.54) is 4.90 Å². The zero-order valence-electron chi connectivity index (χ0n) is 17.1. The number of carbonyl (C=O) groups is 1. The summed E-state index contributed by atoms with van der Waals surface area (Å²) in [4.78, 5) is 19.1. The molecule has 0 saturated heterocycles. The lowest BCUT2D eigenvalue weighted by Gasteiger charge is -2.24. The highest BCUT2D eigenvalue weighted by molar-refractivity contribution is 6.31. The molecular formula is C24H19ClF2N4O. The number of amides is 1. The summed E-state index contributed by atoms with van der Waals surface area (Å²) in [7, 11) is 0. The maximum Gasteiger partial charge on any atom is 0.254 e. The Bertz CT molecular complexity index is 1240. The van der Waals surface area contributed by atoms with E-state index in [-0.39, 0.29) is 18.7 Å². The van der Waals surface area contributed by atoms with Crippen LogP contribution in [0.3, 0.4) is 0 Å². The van der Waals surface area contributed by atoms with E-state index in [0.717, 1.165) is 35.0 Å². The van der Waals surface area contributed by atoms with Crippen molar-refractivity contribution in [3.8, 4) is 11.4 Å². The van der Waals surface area contributed by atoms with Gasteiger partial charge >= 0.3 is 0 Å². The van der Waals surface area contributed by atoms with Crippen molar-refractivity contribution < 1.29 is 13.6 Å². The Kier molecular flexibility index (Phi) is 6.28. The van der Waals surface area contributed by atoms with E-state index in [1.54, 1.807) is 24.4 Å². The third-order valence-corrected chi connectivity index (χ3v) is 5.25. The highest BCUT2D eigenvalue weighted by Gasteiger charge is 2.20. The number of aryl methyl sites for hydroxylation is 1. The Morgan fingerprint density at radius 2 is 1.75 bits per heavy atom. The van der Waals surface area contributed by atoms with Crippen LogP contribution in [-0.4, -0.2) is 26.0 Å². The predicted molar refractivity (Wildman–Crippen MR) is 118 cm³/mol. The van der Waals surface area contributed by atoms with Crippen LogP contribution in [0.1, 0.15) is 27.2 Å². The highest BCUT2D eigenvalue weighted by Crippen LogP contribution is 2.22. The molecule has 1 N–H and O–H groups in total. The lowest BCUT2D eigenvalue weighted by atomic mass is 10.1. The third-order valence-electron chi connectivity index (χ3n) is 4.88. The van der Waals surface area contributed by atoms with Crippen LogP contribution in [-0.2, 0) is 13.1 Å². The lowest BCUT2D eigenvalue weighted by molar-refractivity contribution is 0.0729. The number of H-pyrrole nitrogens is 1. The summed E-state index contributed by atoms with van der Waals surface area (Å²) < 4.78 is 27.5. The number of hydrogen-bond acceptors (Lipinski definition) is 3. The number of nitrogens with one attached hydrogen (secondary N) is 1. The van der Waals surface area contributed by atoms with Gasteiger partial charge in [0.2, 0.25) is 0 Å². The second kappa shape index (κ2) is 9.28. The van der Waals surface area contributed by atoms with E-state index in [4.69, 9.17) is 11.6 Å². The molecule has 8 heteroatoms. The minimum atomic E-state index is -0.814. The fourth-order valence-electron chi connectivity index (χ4n) is 3.33. The largest absolute Gasteiger partial charge is 0.330 e. The van der Waals surface area contributed by atoms with Gasteiger partial charge in [-0.05, 0) is 48.4 Å². The molecule has 5 nitrogen and oxygen atoms in total. The smallest absolute Gasteiger partial charge is 0.254 e. The monoisotopic (exact) mass is 452 g/mol. The molecular weight excluding hydrogens is 434 g/mol. The van der Waals surface area contributed by atoms with Gasteiger partial charge in [0.1, 0.15) is 17.3 Å². The summed E-state index contributed by atoms with van der Waals surface area (Å²) in [6, 6.07) is 15.4. The topological polar surface area (TPSA) is 61.9 Å². The van der Waals surface area contributed by atoms with Crippen molar-refractivity contribution in [3.05, 3.63) is 106 Å². The van der Waals surface area contributed by atoms with Crippen LogP contribution in [0.5, 0.6) is 0 Å². The zero-order valence-corrected chi connectivity index (χ0v) is 17.9. The number of hydrogen-bond donors (Lipinski definition) is 1. The second-order valence-corrected chi connectivity index (χ2v) is 7.81. The number of halogens is 3. The highest BCUT2D eigenvalue weighted by atomic mass is 35.5. The molecule has 2 heterocycles. The van der Waals surface area contributed by atoms with Gasteiger partial charge in [0.05, 0.1) is 5.69 Å².